The zero-order valence-electron chi connectivity index (χ0n) is 10.5. The number of unbranched alkanes of at least 4 members (excludes halogenated alkanes) is 1. The monoisotopic (exact) mass is 223 g/mol. The van der Waals surface area contributed by atoms with Crippen LogP contribution in [-0.4, -0.2) is 11.2 Å². The molecule has 0 bridgehead atoms. The first-order valence-corrected chi connectivity index (χ1v) is 5.59. The summed E-state index contributed by atoms with van der Waals surface area (Å²) in [5, 5.41) is 10.8. The van der Waals surface area contributed by atoms with Crippen LogP contribution in [0.4, 0.5) is 10.5 Å². The molecular weight excluding hydrogens is 202 g/mol. The number of hydrogen-bond donors (Lipinski definition) is 2. The second-order valence-electron chi connectivity index (χ2n) is 3.68. The maximum atomic E-state index is 10.3. The van der Waals surface area contributed by atoms with Gasteiger partial charge in [0.1, 0.15) is 0 Å². The predicted octanol–water partition coefficient (Wildman–Crippen LogP) is 4.20. The number of amides is 1. The van der Waals surface area contributed by atoms with Crippen molar-refractivity contribution < 1.29 is 9.90 Å². The van der Waals surface area contributed by atoms with Crippen molar-refractivity contribution in [3.05, 3.63) is 29.3 Å². The Hall–Kier alpha value is -1.51. The molecule has 0 unspecified atom stereocenters. The molecule has 1 rings (SSSR count). The van der Waals surface area contributed by atoms with E-state index in [1.165, 1.54) is 12.8 Å². The third kappa shape index (κ3) is 5.39. The molecule has 0 saturated carbocycles. The molecule has 2 N–H and O–H groups in total. The minimum absolute atomic E-state index is 0.655. The summed E-state index contributed by atoms with van der Waals surface area (Å²) in [7, 11) is 0. The highest BCUT2D eigenvalue weighted by molar-refractivity contribution is 5.84. The maximum absolute atomic E-state index is 10.3. The fourth-order valence-corrected chi connectivity index (χ4v) is 1.00. The summed E-state index contributed by atoms with van der Waals surface area (Å²) in [4.78, 5) is 10.3. The molecule has 1 aromatic rings. The van der Waals surface area contributed by atoms with Crippen molar-refractivity contribution in [3.63, 3.8) is 0 Å². The van der Waals surface area contributed by atoms with Crippen LogP contribution in [0.3, 0.4) is 0 Å². The highest BCUT2D eigenvalue weighted by Gasteiger charge is 2.02. The smallest absolute Gasteiger partial charge is 0.409 e. The Bertz CT molecular complexity index is 333. The van der Waals surface area contributed by atoms with E-state index in [9.17, 15) is 4.79 Å². The molecule has 3 nitrogen and oxygen atoms in total. The van der Waals surface area contributed by atoms with E-state index in [4.69, 9.17) is 5.11 Å². The lowest BCUT2D eigenvalue weighted by molar-refractivity contribution is 0.209. The van der Waals surface area contributed by atoms with Crippen LogP contribution in [0.1, 0.15) is 37.8 Å². The molecule has 0 aliphatic heterocycles. The largest absolute Gasteiger partial charge is 0.465 e. The van der Waals surface area contributed by atoms with Crippen LogP contribution in [0.2, 0.25) is 0 Å². The Kier molecular flexibility index (Phi) is 7.01. The number of anilines is 1. The Morgan fingerprint density at radius 2 is 1.81 bits per heavy atom. The van der Waals surface area contributed by atoms with Gasteiger partial charge in [0.25, 0.3) is 0 Å². The number of hydrogen-bond acceptors (Lipinski definition) is 1. The van der Waals surface area contributed by atoms with E-state index in [-0.39, 0.29) is 0 Å². The van der Waals surface area contributed by atoms with Crippen molar-refractivity contribution in [1.29, 1.82) is 0 Å². The molecule has 3 heteroatoms. The summed E-state index contributed by atoms with van der Waals surface area (Å²) in [6, 6.07) is 5.52. The van der Waals surface area contributed by atoms with Gasteiger partial charge in [-0.2, -0.15) is 0 Å². The molecule has 0 spiro atoms. The lowest BCUT2D eigenvalue weighted by atomic mass is 10.1. The van der Waals surface area contributed by atoms with Gasteiger partial charge in [-0.1, -0.05) is 38.8 Å². The van der Waals surface area contributed by atoms with Crippen molar-refractivity contribution in [3.8, 4) is 0 Å². The van der Waals surface area contributed by atoms with E-state index in [0.717, 1.165) is 11.1 Å². The van der Waals surface area contributed by atoms with E-state index in [1.54, 1.807) is 6.07 Å². The number of rotatable bonds is 2. The Labute approximate surface area is 97.5 Å². The third-order valence-electron chi connectivity index (χ3n) is 2.35. The van der Waals surface area contributed by atoms with Gasteiger partial charge in [0.05, 0.1) is 0 Å². The van der Waals surface area contributed by atoms with Crippen LogP contribution in [0.15, 0.2) is 18.2 Å². The number of aryl methyl sites for hydroxylation is 1. The molecule has 0 saturated heterocycles. The van der Waals surface area contributed by atoms with E-state index in [0.29, 0.717) is 5.69 Å². The van der Waals surface area contributed by atoms with Gasteiger partial charge in [0.2, 0.25) is 0 Å². The van der Waals surface area contributed by atoms with Gasteiger partial charge in [-0.15, -0.1) is 0 Å². The quantitative estimate of drug-likeness (QED) is 0.789. The van der Waals surface area contributed by atoms with E-state index in [1.807, 2.05) is 26.0 Å². The van der Waals surface area contributed by atoms with Gasteiger partial charge in [-0.05, 0) is 31.0 Å². The Morgan fingerprint density at radius 3 is 2.25 bits per heavy atom. The van der Waals surface area contributed by atoms with Crippen molar-refractivity contribution in [2.75, 3.05) is 5.32 Å². The van der Waals surface area contributed by atoms with Crippen LogP contribution in [0.5, 0.6) is 0 Å². The molecule has 1 aromatic carbocycles. The topological polar surface area (TPSA) is 49.3 Å². The first-order valence-electron chi connectivity index (χ1n) is 5.59. The van der Waals surface area contributed by atoms with Crippen molar-refractivity contribution >= 4 is 11.8 Å². The van der Waals surface area contributed by atoms with Gasteiger partial charge in [0.15, 0.2) is 0 Å². The highest BCUT2D eigenvalue weighted by Crippen LogP contribution is 2.17. The first-order chi connectivity index (χ1) is 7.52. The molecule has 0 atom stereocenters. The number of nitrogens with one attached hydrogen (secondary N) is 1. The summed E-state index contributed by atoms with van der Waals surface area (Å²) >= 11 is 0. The van der Waals surface area contributed by atoms with Gasteiger partial charge < -0.3 is 5.11 Å². The van der Waals surface area contributed by atoms with Crippen LogP contribution in [-0.2, 0) is 0 Å². The van der Waals surface area contributed by atoms with E-state index < -0.39 is 6.09 Å². The Balaban J connectivity index is 0.000000487. The number of carbonyl (C=O) groups is 1. The second kappa shape index (κ2) is 7.74. The van der Waals surface area contributed by atoms with Crippen LogP contribution in [0.25, 0.3) is 0 Å². The van der Waals surface area contributed by atoms with Crippen molar-refractivity contribution in [2.24, 2.45) is 0 Å². The van der Waals surface area contributed by atoms with E-state index >= 15 is 0 Å². The predicted molar refractivity (Wildman–Crippen MR) is 68.1 cm³/mol. The molecule has 16 heavy (non-hydrogen) atoms. The molecule has 90 valence electrons. The first kappa shape index (κ1) is 14.5. The standard InChI is InChI=1S/C9H11NO2.C4H10/c1-6-4-3-5-8(7(6)2)10-9(11)12;1-3-4-2/h3-5,10H,1-2H3,(H,11,12);3-4H2,1-2H3. The SMILES string of the molecule is CCCC.Cc1cccc(NC(=O)O)c1C. The zero-order chi connectivity index (χ0) is 12.6. The molecule has 1 amide bonds. The van der Waals surface area contributed by atoms with Crippen molar-refractivity contribution in [2.45, 2.75) is 40.5 Å². The highest BCUT2D eigenvalue weighted by atomic mass is 16.4. The lowest BCUT2D eigenvalue weighted by Crippen LogP contribution is -2.08. The van der Waals surface area contributed by atoms with Crippen LogP contribution < -0.4 is 5.32 Å². The van der Waals surface area contributed by atoms with Crippen LogP contribution >= 0.6 is 0 Å². The molecule has 0 aromatic heterocycles. The number of carboxylic acid groups (broad SMARTS) is 1. The van der Waals surface area contributed by atoms with Gasteiger partial charge >= 0.3 is 6.09 Å². The van der Waals surface area contributed by atoms with Crippen LogP contribution in [0, 0.1) is 13.8 Å². The minimum atomic E-state index is -1.02. The fourth-order valence-electron chi connectivity index (χ4n) is 1.00. The summed E-state index contributed by atoms with van der Waals surface area (Å²) in [6.07, 6.45) is 1.61. The molecule has 0 aliphatic rings. The van der Waals surface area contributed by atoms with Gasteiger partial charge in [0, 0.05) is 5.69 Å². The average Bonchev–Trinajstić information content (AvgIpc) is 2.25. The fraction of sp³-hybridized carbons (Fsp3) is 0.462. The number of benzene rings is 1. The van der Waals surface area contributed by atoms with Gasteiger partial charge in [-0.25, -0.2) is 4.79 Å². The minimum Gasteiger partial charge on any atom is -0.465 e. The van der Waals surface area contributed by atoms with Crippen molar-refractivity contribution in [1.82, 2.24) is 0 Å². The Morgan fingerprint density at radius 1 is 1.25 bits per heavy atom. The maximum Gasteiger partial charge on any atom is 0.409 e. The van der Waals surface area contributed by atoms with Gasteiger partial charge in [-0.3, -0.25) is 5.32 Å². The molecule has 0 fully saturated rings. The molecule has 0 aliphatic carbocycles. The molecule has 0 heterocycles. The molecular formula is C13H21NO2. The average molecular weight is 223 g/mol. The normalized spacial score (nSPS) is 9.00. The van der Waals surface area contributed by atoms with E-state index in [2.05, 4.69) is 19.2 Å². The second-order valence-corrected chi connectivity index (χ2v) is 3.68. The third-order valence-corrected chi connectivity index (χ3v) is 2.35. The lowest BCUT2D eigenvalue weighted by Gasteiger charge is -2.06. The molecule has 0 radical (unpaired) electrons. The summed E-state index contributed by atoms with van der Waals surface area (Å²) in [6.45, 7) is 8.20. The summed E-state index contributed by atoms with van der Waals surface area (Å²) in [5.41, 5.74) is 2.71. The zero-order valence-corrected chi connectivity index (χ0v) is 10.5. The summed E-state index contributed by atoms with van der Waals surface area (Å²) in [5.74, 6) is 0. The summed E-state index contributed by atoms with van der Waals surface area (Å²) < 4.78 is 0.